The van der Waals surface area contributed by atoms with Crippen molar-refractivity contribution in [1.29, 1.82) is 0 Å². The van der Waals surface area contributed by atoms with Gasteiger partial charge in [-0.3, -0.25) is 10.1 Å². The number of hydrogen-bond donors (Lipinski definition) is 1. The maximum absolute atomic E-state index is 10.4. The number of nitrogens with zero attached hydrogens (tertiary/aromatic N) is 4. The first-order valence-electron chi connectivity index (χ1n) is 5.26. The van der Waals surface area contributed by atoms with Crippen LogP contribution in [0, 0.1) is 17.0 Å². The van der Waals surface area contributed by atoms with Gasteiger partial charge in [0, 0.05) is 24.0 Å². The lowest BCUT2D eigenvalue weighted by atomic mass is 10.4. The summed E-state index contributed by atoms with van der Waals surface area (Å²) in [5, 5.41) is 16.4. The molecule has 0 aliphatic rings. The van der Waals surface area contributed by atoms with Crippen molar-refractivity contribution in [3.63, 3.8) is 0 Å². The average Bonchev–Trinajstić information content (AvgIpc) is 2.76. The fourth-order valence-electron chi connectivity index (χ4n) is 1.31. The number of hydrogen-bond acceptors (Lipinski definition) is 7. The molecular weight excluding hydrogens is 254 g/mol. The van der Waals surface area contributed by atoms with Gasteiger partial charge in [-0.25, -0.2) is 15.0 Å². The van der Waals surface area contributed by atoms with E-state index in [0.717, 1.165) is 17.1 Å². The van der Waals surface area contributed by atoms with Gasteiger partial charge in [0.1, 0.15) is 12.4 Å². The van der Waals surface area contributed by atoms with E-state index in [4.69, 9.17) is 0 Å². The predicted octanol–water partition coefficient (Wildman–Crippen LogP) is 1.80. The van der Waals surface area contributed by atoms with Crippen LogP contribution in [-0.4, -0.2) is 26.4 Å². The van der Waals surface area contributed by atoms with E-state index in [0.29, 0.717) is 12.5 Å². The van der Waals surface area contributed by atoms with Gasteiger partial charge in [0.15, 0.2) is 0 Å². The quantitative estimate of drug-likeness (QED) is 0.654. The number of aromatic nitrogens is 3. The maximum atomic E-state index is 10.4. The second-order valence-electron chi connectivity index (χ2n) is 3.58. The second-order valence-corrected chi connectivity index (χ2v) is 4.52. The first-order valence-corrected chi connectivity index (χ1v) is 6.14. The Bertz CT molecular complexity index is 539. The lowest BCUT2D eigenvalue weighted by molar-refractivity contribution is -0.385. The summed E-state index contributed by atoms with van der Waals surface area (Å²) in [6.07, 6.45) is 3.14. The molecule has 0 aromatic carbocycles. The summed E-state index contributed by atoms with van der Waals surface area (Å²) in [6, 6.07) is 0. The molecule has 0 aliphatic heterocycles. The molecule has 0 spiro atoms. The van der Waals surface area contributed by atoms with Gasteiger partial charge < -0.3 is 5.32 Å². The van der Waals surface area contributed by atoms with Crippen LogP contribution in [0.5, 0.6) is 0 Å². The third-order valence-corrected chi connectivity index (χ3v) is 3.16. The van der Waals surface area contributed by atoms with Crippen molar-refractivity contribution in [2.75, 3.05) is 11.9 Å². The van der Waals surface area contributed by atoms with Crippen LogP contribution in [-0.2, 0) is 6.42 Å². The first kappa shape index (κ1) is 12.4. The van der Waals surface area contributed by atoms with Gasteiger partial charge in [-0.05, 0) is 6.92 Å². The molecule has 0 fully saturated rings. The maximum Gasteiger partial charge on any atom is 0.305 e. The van der Waals surface area contributed by atoms with E-state index in [-0.39, 0.29) is 5.69 Å². The van der Waals surface area contributed by atoms with E-state index in [2.05, 4.69) is 20.3 Å². The Morgan fingerprint density at radius 2 is 2.17 bits per heavy atom. The minimum atomic E-state index is -0.526. The molecule has 0 saturated carbocycles. The van der Waals surface area contributed by atoms with E-state index in [1.54, 1.807) is 11.3 Å². The molecule has 2 heterocycles. The number of rotatable bonds is 5. The van der Waals surface area contributed by atoms with Gasteiger partial charge in [0.05, 0.1) is 9.93 Å². The van der Waals surface area contributed by atoms with Crippen molar-refractivity contribution >= 4 is 23.0 Å². The molecule has 1 N–H and O–H groups in total. The summed E-state index contributed by atoms with van der Waals surface area (Å²) < 4.78 is 0. The summed E-state index contributed by atoms with van der Waals surface area (Å²) in [7, 11) is 0. The van der Waals surface area contributed by atoms with Gasteiger partial charge in [0.2, 0.25) is 5.95 Å². The van der Waals surface area contributed by atoms with Crippen LogP contribution in [0.1, 0.15) is 10.7 Å². The van der Waals surface area contributed by atoms with E-state index >= 15 is 0 Å². The minimum Gasteiger partial charge on any atom is -0.354 e. The highest BCUT2D eigenvalue weighted by molar-refractivity contribution is 7.09. The SMILES string of the molecule is Cc1csc(CCNc2ncc([N+](=O)[O-])cn2)n1. The number of nitro groups is 1. The number of anilines is 1. The Kier molecular flexibility index (Phi) is 3.78. The first-order chi connectivity index (χ1) is 8.65. The number of nitrogens with one attached hydrogen (secondary N) is 1. The highest BCUT2D eigenvalue weighted by Gasteiger charge is 2.06. The van der Waals surface area contributed by atoms with E-state index < -0.39 is 4.92 Å². The van der Waals surface area contributed by atoms with Crippen LogP contribution in [0.3, 0.4) is 0 Å². The second kappa shape index (κ2) is 5.50. The fourth-order valence-corrected chi connectivity index (χ4v) is 2.08. The molecule has 8 heteroatoms. The standard InChI is InChI=1S/C10H11N5O2S/c1-7-6-18-9(14-7)2-3-11-10-12-4-8(5-13-10)15(16)17/h4-6H,2-3H2,1H3,(H,11,12,13). The van der Waals surface area contributed by atoms with Gasteiger partial charge >= 0.3 is 5.69 Å². The zero-order valence-electron chi connectivity index (χ0n) is 9.66. The van der Waals surface area contributed by atoms with E-state index in [9.17, 15) is 10.1 Å². The molecule has 94 valence electrons. The molecule has 0 atom stereocenters. The van der Waals surface area contributed by atoms with Gasteiger partial charge in [-0.2, -0.15) is 0 Å². The lowest BCUT2D eigenvalue weighted by Crippen LogP contribution is -2.07. The van der Waals surface area contributed by atoms with Gasteiger partial charge in [0.25, 0.3) is 0 Å². The molecule has 0 saturated heterocycles. The number of thiazole rings is 1. The number of aryl methyl sites for hydroxylation is 1. The van der Waals surface area contributed by atoms with Gasteiger partial charge in [-0.15, -0.1) is 11.3 Å². The molecule has 2 aromatic heterocycles. The summed E-state index contributed by atoms with van der Waals surface area (Å²) in [4.78, 5) is 21.9. The zero-order valence-corrected chi connectivity index (χ0v) is 10.5. The Hall–Kier alpha value is -2.09. The summed E-state index contributed by atoms with van der Waals surface area (Å²) >= 11 is 1.61. The topological polar surface area (TPSA) is 93.8 Å². The molecule has 0 unspecified atom stereocenters. The molecule has 0 amide bonds. The van der Waals surface area contributed by atoms with Crippen molar-refractivity contribution < 1.29 is 4.92 Å². The van der Waals surface area contributed by atoms with Crippen LogP contribution >= 0.6 is 11.3 Å². The minimum absolute atomic E-state index is 0.115. The van der Waals surface area contributed by atoms with E-state index in [1.165, 1.54) is 12.4 Å². The van der Waals surface area contributed by atoms with Crippen LogP contribution in [0.4, 0.5) is 11.6 Å². The van der Waals surface area contributed by atoms with Crippen LogP contribution in [0.2, 0.25) is 0 Å². The highest BCUT2D eigenvalue weighted by Crippen LogP contribution is 2.10. The molecular formula is C10H11N5O2S. The molecule has 0 radical (unpaired) electrons. The zero-order chi connectivity index (χ0) is 13.0. The summed E-state index contributed by atoms with van der Waals surface area (Å²) in [6.45, 7) is 2.59. The largest absolute Gasteiger partial charge is 0.354 e. The lowest BCUT2D eigenvalue weighted by Gasteiger charge is -2.01. The predicted molar refractivity (Wildman–Crippen MR) is 67.7 cm³/mol. The van der Waals surface area contributed by atoms with Crippen LogP contribution in [0.15, 0.2) is 17.8 Å². The molecule has 0 bridgehead atoms. The Labute approximate surface area is 107 Å². The van der Waals surface area contributed by atoms with Crippen LogP contribution < -0.4 is 5.32 Å². The molecule has 18 heavy (non-hydrogen) atoms. The van der Waals surface area contributed by atoms with Crippen molar-refractivity contribution in [3.05, 3.63) is 38.6 Å². The fraction of sp³-hybridized carbons (Fsp3) is 0.300. The Morgan fingerprint density at radius 3 is 2.72 bits per heavy atom. The van der Waals surface area contributed by atoms with Crippen molar-refractivity contribution in [2.45, 2.75) is 13.3 Å². The summed E-state index contributed by atoms with van der Waals surface area (Å²) in [5.41, 5.74) is 0.901. The van der Waals surface area contributed by atoms with E-state index in [1.807, 2.05) is 12.3 Å². The van der Waals surface area contributed by atoms with Crippen molar-refractivity contribution in [3.8, 4) is 0 Å². The smallest absolute Gasteiger partial charge is 0.305 e. The van der Waals surface area contributed by atoms with Gasteiger partial charge in [-0.1, -0.05) is 0 Å². The molecule has 7 nitrogen and oxygen atoms in total. The molecule has 0 aliphatic carbocycles. The Balaban J connectivity index is 1.85. The molecule has 2 rings (SSSR count). The van der Waals surface area contributed by atoms with Crippen molar-refractivity contribution in [2.24, 2.45) is 0 Å². The normalized spacial score (nSPS) is 10.3. The summed E-state index contributed by atoms with van der Waals surface area (Å²) in [5.74, 6) is 0.383. The van der Waals surface area contributed by atoms with Crippen LogP contribution in [0.25, 0.3) is 0 Å². The monoisotopic (exact) mass is 265 g/mol. The average molecular weight is 265 g/mol. The van der Waals surface area contributed by atoms with Crippen molar-refractivity contribution in [1.82, 2.24) is 15.0 Å². The molecule has 2 aromatic rings. The third kappa shape index (κ3) is 3.20. The third-order valence-electron chi connectivity index (χ3n) is 2.14. The Morgan fingerprint density at radius 1 is 1.44 bits per heavy atom. The highest BCUT2D eigenvalue weighted by atomic mass is 32.1.